The number of benzene rings is 1. The van der Waals surface area contributed by atoms with Crippen molar-refractivity contribution in [2.75, 3.05) is 17.7 Å². The molecule has 1 amide bonds. The van der Waals surface area contributed by atoms with Gasteiger partial charge in [0.1, 0.15) is 5.75 Å². The minimum Gasteiger partial charge on any atom is -0.492 e. The molecule has 1 aromatic carbocycles. The van der Waals surface area contributed by atoms with Crippen LogP contribution in [0.2, 0.25) is 0 Å². The zero-order valence-corrected chi connectivity index (χ0v) is 17.6. The van der Waals surface area contributed by atoms with Crippen LogP contribution in [0.25, 0.3) is 11.6 Å². The third-order valence-electron chi connectivity index (χ3n) is 3.62. The Morgan fingerprint density at radius 3 is 2.89 bits per heavy atom. The van der Waals surface area contributed by atoms with E-state index < -0.39 is 0 Å². The molecule has 28 heavy (non-hydrogen) atoms. The Hall–Kier alpha value is -2.52. The average Bonchev–Trinajstić information content (AvgIpc) is 3.28. The summed E-state index contributed by atoms with van der Waals surface area (Å²) in [7, 11) is 0. The lowest BCUT2D eigenvalue weighted by Crippen LogP contribution is -2.15. The molecule has 0 atom stereocenters. The maximum Gasteiger partial charge on any atom is 0.234 e. The number of hydrogen-bond acceptors (Lipinski definition) is 6. The van der Waals surface area contributed by atoms with Crippen molar-refractivity contribution in [3.8, 4) is 17.3 Å². The molecule has 0 spiro atoms. The fourth-order valence-electron chi connectivity index (χ4n) is 2.47. The molecule has 2 heterocycles. The molecule has 0 aliphatic rings. The van der Waals surface area contributed by atoms with Gasteiger partial charge in [-0.05, 0) is 47.1 Å². The van der Waals surface area contributed by atoms with Crippen LogP contribution in [-0.4, -0.2) is 33.0 Å². The Labute approximate surface area is 175 Å². The van der Waals surface area contributed by atoms with Gasteiger partial charge >= 0.3 is 0 Å². The highest BCUT2D eigenvalue weighted by atomic mass is 79.9. The summed E-state index contributed by atoms with van der Waals surface area (Å²) in [5.41, 5.74) is 0.642. The van der Waals surface area contributed by atoms with Crippen LogP contribution in [0, 0.1) is 0 Å². The number of hydrogen-bond donors (Lipinski definition) is 1. The number of thioether (sulfide) groups is 1. The molecule has 3 rings (SSSR count). The third-order valence-corrected chi connectivity index (χ3v) is 5.01. The van der Waals surface area contributed by atoms with E-state index in [0.29, 0.717) is 46.0 Å². The molecule has 0 aliphatic heterocycles. The first kappa shape index (κ1) is 20.2. The van der Waals surface area contributed by atoms with Crippen LogP contribution in [0.1, 0.15) is 6.92 Å². The highest BCUT2D eigenvalue weighted by molar-refractivity contribution is 9.10. The maximum atomic E-state index is 12.4. The van der Waals surface area contributed by atoms with Crippen molar-refractivity contribution in [2.45, 2.75) is 18.6 Å². The average molecular weight is 463 g/mol. The summed E-state index contributed by atoms with van der Waals surface area (Å²) in [5, 5.41) is 11.9. The first-order chi connectivity index (χ1) is 13.6. The van der Waals surface area contributed by atoms with Crippen LogP contribution in [0.4, 0.5) is 5.69 Å². The number of halogens is 1. The lowest BCUT2D eigenvalue weighted by molar-refractivity contribution is -0.113. The summed E-state index contributed by atoms with van der Waals surface area (Å²) in [6.45, 7) is 6.70. The van der Waals surface area contributed by atoms with E-state index in [1.165, 1.54) is 11.8 Å². The van der Waals surface area contributed by atoms with Crippen LogP contribution in [0.15, 0.2) is 63.3 Å². The Bertz CT molecular complexity index is 970. The number of carbonyl (C=O) groups is 1. The van der Waals surface area contributed by atoms with Crippen LogP contribution >= 0.6 is 27.7 Å². The molecule has 146 valence electrons. The minimum absolute atomic E-state index is 0.160. The SMILES string of the molecule is C=CCn1c(SCC(=O)Nc2ccccc2OCC)nnc1-c1ccc(Br)o1. The fourth-order valence-corrected chi connectivity index (χ4v) is 3.53. The number of rotatable bonds is 9. The van der Waals surface area contributed by atoms with Crippen molar-refractivity contribution in [3.63, 3.8) is 0 Å². The predicted octanol–water partition coefficient (Wildman–Crippen LogP) is 4.62. The van der Waals surface area contributed by atoms with Gasteiger partial charge in [0, 0.05) is 6.54 Å². The van der Waals surface area contributed by atoms with Crippen molar-refractivity contribution >= 4 is 39.3 Å². The van der Waals surface area contributed by atoms with Crippen molar-refractivity contribution in [1.29, 1.82) is 0 Å². The zero-order valence-electron chi connectivity index (χ0n) is 15.2. The minimum atomic E-state index is -0.160. The number of nitrogens with zero attached hydrogens (tertiary/aromatic N) is 3. The summed E-state index contributed by atoms with van der Waals surface area (Å²) in [6.07, 6.45) is 1.74. The molecule has 9 heteroatoms. The van der Waals surface area contributed by atoms with Crippen LogP contribution in [0.5, 0.6) is 5.75 Å². The van der Waals surface area contributed by atoms with Gasteiger partial charge in [0.25, 0.3) is 0 Å². The molecule has 0 radical (unpaired) electrons. The van der Waals surface area contributed by atoms with Gasteiger partial charge in [-0.15, -0.1) is 16.8 Å². The molecule has 1 N–H and O–H groups in total. The molecular formula is C19H19BrN4O3S. The quantitative estimate of drug-likeness (QED) is 0.369. The van der Waals surface area contributed by atoms with Gasteiger partial charge in [-0.3, -0.25) is 9.36 Å². The standard InChI is InChI=1S/C19H19BrN4O3S/c1-3-11-24-18(15-9-10-16(20)27-15)22-23-19(24)28-12-17(25)21-13-7-5-6-8-14(13)26-4-2/h3,5-10H,1,4,11-12H2,2H3,(H,21,25). The van der Waals surface area contributed by atoms with Gasteiger partial charge in [-0.2, -0.15) is 0 Å². The Balaban J connectivity index is 1.70. The number of ether oxygens (including phenoxy) is 1. The van der Waals surface area contributed by atoms with Gasteiger partial charge in [0.15, 0.2) is 15.6 Å². The van der Waals surface area contributed by atoms with E-state index in [1.54, 1.807) is 24.3 Å². The molecule has 3 aromatic rings. The number of aromatic nitrogens is 3. The monoisotopic (exact) mass is 462 g/mol. The maximum absolute atomic E-state index is 12.4. The fraction of sp³-hybridized carbons (Fsp3) is 0.211. The van der Waals surface area contributed by atoms with E-state index in [0.717, 1.165) is 0 Å². The largest absolute Gasteiger partial charge is 0.492 e. The Kier molecular flexibility index (Phi) is 6.94. The Morgan fingerprint density at radius 1 is 1.36 bits per heavy atom. The molecule has 7 nitrogen and oxygen atoms in total. The van der Waals surface area contributed by atoms with E-state index in [-0.39, 0.29) is 11.7 Å². The van der Waals surface area contributed by atoms with Crippen LogP contribution < -0.4 is 10.1 Å². The zero-order chi connectivity index (χ0) is 19.9. The van der Waals surface area contributed by atoms with Gasteiger partial charge < -0.3 is 14.5 Å². The summed E-state index contributed by atoms with van der Waals surface area (Å²) in [6, 6.07) is 10.9. The van der Waals surface area contributed by atoms with Crippen LogP contribution in [0.3, 0.4) is 0 Å². The van der Waals surface area contributed by atoms with Crippen molar-refractivity contribution in [2.24, 2.45) is 0 Å². The molecule has 0 aliphatic carbocycles. The normalized spacial score (nSPS) is 10.6. The van der Waals surface area contributed by atoms with E-state index >= 15 is 0 Å². The number of anilines is 1. The number of allylic oxidation sites excluding steroid dienone is 1. The van der Waals surface area contributed by atoms with Crippen molar-refractivity contribution in [3.05, 3.63) is 53.7 Å². The number of amides is 1. The summed E-state index contributed by atoms with van der Waals surface area (Å²) in [4.78, 5) is 12.4. The highest BCUT2D eigenvalue weighted by Gasteiger charge is 2.17. The van der Waals surface area contributed by atoms with Crippen LogP contribution in [-0.2, 0) is 11.3 Å². The molecule has 2 aromatic heterocycles. The van der Waals surface area contributed by atoms with Gasteiger partial charge in [-0.25, -0.2) is 0 Å². The first-order valence-electron chi connectivity index (χ1n) is 8.56. The second kappa shape index (κ2) is 9.61. The van der Waals surface area contributed by atoms with Crippen molar-refractivity contribution < 1.29 is 13.9 Å². The summed E-state index contributed by atoms with van der Waals surface area (Å²) in [5.74, 6) is 1.83. The summed E-state index contributed by atoms with van der Waals surface area (Å²) >= 11 is 4.58. The van der Waals surface area contributed by atoms with E-state index in [2.05, 4.69) is 38.0 Å². The number of nitrogens with one attached hydrogen (secondary N) is 1. The second-order valence-corrected chi connectivity index (χ2v) is 7.30. The van der Waals surface area contributed by atoms with Gasteiger partial charge in [0.05, 0.1) is 18.0 Å². The lowest BCUT2D eigenvalue weighted by atomic mass is 10.3. The Morgan fingerprint density at radius 2 is 2.18 bits per heavy atom. The molecule has 0 fully saturated rings. The molecule has 0 saturated carbocycles. The van der Waals surface area contributed by atoms with Gasteiger partial charge in [-0.1, -0.05) is 30.0 Å². The number of furan rings is 1. The number of para-hydroxylation sites is 2. The molecule has 0 bridgehead atoms. The smallest absolute Gasteiger partial charge is 0.234 e. The van der Waals surface area contributed by atoms with E-state index in [4.69, 9.17) is 9.15 Å². The lowest BCUT2D eigenvalue weighted by Gasteiger charge is -2.11. The van der Waals surface area contributed by atoms with E-state index in [9.17, 15) is 4.79 Å². The molecule has 0 saturated heterocycles. The van der Waals surface area contributed by atoms with Gasteiger partial charge in [0.2, 0.25) is 11.7 Å². The first-order valence-corrected chi connectivity index (χ1v) is 10.3. The third kappa shape index (κ3) is 4.85. The second-order valence-electron chi connectivity index (χ2n) is 5.58. The highest BCUT2D eigenvalue weighted by Crippen LogP contribution is 2.28. The molecule has 0 unspecified atom stereocenters. The van der Waals surface area contributed by atoms with Crippen molar-refractivity contribution in [1.82, 2.24) is 14.8 Å². The summed E-state index contributed by atoms with van der Waals surface area (Å²) < 4.78 is 13.6. The van der Waals surface area contributed by atoms with E-state index in [1.807, 2.05) is 29.7 Å². The number of carbonyl (C=O) groups excluding carboxylic acids is 1. The predicted molar refractivity (Wildman–Crippen MR) is 113 cm³/mol. The topological polar surface area (TPSA) is 82.2 Å². The molecular weight excluding hydrogens is 444 g/mol.